The number of nitrogens with zero attached hydrogens (tertiary/aromatic N) is 2. The highest BCUT2D eigenvalue weighted by molar-refractivity contribution is 6.30. The Bertz CT molecular complexity index is 631. The number of hydrogen-bond donors (Lipinski definition) is 1. The molecule has 0 aliphatic heterocycles. The molecule has 0 bridgehead atoms. The zero-order valence-corrected chi connectivity index (χ0v) is 13.6. The van der Waals surface area contributed by atoms with Gasteiger partial charge in [0.25, 0.3) is 0 Å². The van der Waals surface area contributed by atoms with Crippen LogP contribution in [0.4, 0.5) is 5.69 Å². The summed E-state index contributed by atoms with van der Waals surface area (Å²) >= 11 is 5.97. The van der Waals surface area contributed by atoms with Gasteiger partial charge in [0, 0.05) is 36.7 Å². The van der Waals surface area contributed by atoms with E-state index >= 15 is 0 Å². The first-order valence-corrected chi connectivity index (χ1v) is 7.57. The smallest absolute Gasteiger partial charge is 0.241 e. The van der Waals surface area contributed by atoms with Crippen molar-refractivity contribution in [3.8, 4) is 0 Å². The van der Waals surface area contributed by atoms with Crippen LogP contribution in [0.25, 0.3) is 0 Å². The first-order chi connectivity index (χ1) is 10.6. The van der Waals surface area contributed by atoms with Gasteiger partial charge in [-0.3, -0.25) is 9.78 Å². The number of rotatable bonds is 6. The Morgan fingerprint density at radius 1 is 1.27 bits per heavy atom. The molecular weight excluding hydrogens is 298 g/mol. The van der Waals surface area contributed by atoms with Gasteiger partial charge in [-0.05, 0) is 48.7 Å². The molecule has 4 nitrogen and oxygen atoms in total. The van der Waals surface area contributed by atoms with Crippen molar-refractivity contribution in [3.63, 3.8) is 0 Å². The third kappa shape index (κ3) is 4.74. The van der Waals surface area contributed by atoms with E-state index < -0.39 is 0 Å². The highest BCUT2D eigenvalue weighted by atomic mass is 35.5. The van der Waals surface area contributed by atoms with Crippen LogP contribution in [0, 0.1) is 6.92 Å². The maximum absolute atomic E-state index is 12.2. The van der Waals surface area contributed by atoms with Crippen LogP contribution < -0.4 is 5.32 Å². The Hall–Kier alpha value is -2.07. The lowest BCUT2D eigenvalue weighted by atomic mass is 10.2. The third-order valence-corrected chi connectivity index (χ3v) is 3.78. The van der Waals surface area contributed by atoms with Crippen molar-refractivity contribution in [3.05, 3.63) is 58.9 Å². The van der Waals surface area contributed by atoms with E-state index in [9.17, 15) is 4.79 Å². The maximum Gasteiger partial charge on any atom is 0.241 e. The molecule has 5 heteroatoms. The van der Waals surface area contributed by atoms with E-state index in [-0.39, 0.29) is 12.5 Å². The normalized spacial score (nSPS) is 10.3. The number of halogens is 1. The quantitative estimate of drug-likeness (QED) is 0.890. The number of anilines is 1. The van der Waals surface area contributed by atoms with Gasteiger partial charge in [-0.15, -0.1) is 0 Å². The van der Waals surface area contributed by atoms with Gasteiger partial charge in [-0.2, -0.15) is 0 Å². The van der Waals surface area contributed by atoms with E-state index in [1.54, 1.807) is 17.3 Å². The standard InChI is InChI=1S/C17H20ClN3O/c1-13-3-4-15(18)11-16(13)20-12-17(22)21(2)10-7-14-5-8-19-9-6-14/h3-6,8-9,11,20H,7,10,12H2,1-2H3. The van der Waals surface area contributed by atoms with Crippen molar-refractivity contribution in [2.24, 2.45) is 0 Å². The summed E-state index contributed by atoms with van der Waals surface area (Å²) in [5.74, 6) is 0.0495. The van der Waals surface area contributed by atoms with E-state index in [1.807, 2.05) is 44.3 Å². The van der Waals surface area contributed by atoms with Crippen LogP contribution in [0.1, 0.15) is 11.1 Å². The summed E-state index contributed by atoms with van der Waals surface area (Å²) in [6.07, 6.45) is 4.35. The number of pyridine rings is 1. The van der Waals surface area contributed by atoms with Gasteiger partial charge in [0.05, 0.1) is 6.54 Å². The second-order valence-electron chi connectivity index (χ2n) is 5.23. The average molecular weight is 318 g/mol. The number of aryl methyl sites for hydroxylation is 1. The molecule has 0 atom stereocenters. The van der Waals surface area contributed by atoms with E-state index in [0.29, 0.717) is 11.6 Å². The largest absolute Gasteiger partial charge is 0.376 e. The minimum atomic E-state index is 0.0495. The average Bonchev–Trinajstić information content (AvgIpc) is 2.54. The Morgan fingerprint density at radius 3 is 2.73 bits per heavy atom. The van der Waals surface area contributed by atoms with Crippen molar-refractivity contribution < 1.29 is 4.79 Å². The van der Waals surface area contributed by atoms with Crippen LogP contribution in [0.15, 0.2) is 42.7 Å². The topological polar surface area (TPSA) is 45.2 Å². The Kier molecular flexibility index (Phi) is 5.78. The number of hydrogen-bond acceptors (Lipinski definition) is 3. The maximum atomic E-state index is 12.2. The molecule has 0 spiro atoms. The van der Waals surface area contributed by atoms with Crippen LogP contribution >= 0.6 is 11.6 Å². The number of carbonyl (C=O) groups excluding carboxylic acids is 1. The second kappa shape index (κ2) is 7.80. The molecule has 1 aromatic carbocycles. The highest BCUT2D eigenvalue weighted by Crippen LogP contribution is 2.19. The number of likely N-dealkylation sites (N-methyl/N-ethyl adjacent to an activating group) is 1. The fourth-order valence-corrected chi connectivity index (χ4v) is 2.23. The lowest BCUT2D eigenvalue weighted by molar-refractivity contribution is -0.127. The van der Waals surface area contributed by atoms with Gasteiger partial charge in [-0.1, -0.05) is 17.7 Å². The summed E-state index contributed by atoms with van der Waals surface area (Å²) in [5, 5.41) is 3.81. The van der Waals surface area contributed by atoms with Crippen LogP contribution in [0.5, 0.6) is 0 Å². The fourth-order valence-electron chi connectivity index (χ4n) is 2.06. The van der Waals surface area contributed by atoms with Crippen LogP contribution in [-0.2, 0) is 11.2 Å². The Morgan fingerprint density at radius 2 is 2.00 bits per heavy atom. The van der Waals surface area contributed by atoms with E-state index in [1.165, 1.54) is 5.56 Å². The molecule has 2 rings (SSSR count). The summed E-state index contributed by atoms with van der Waals surface area (Å²) < 4.78 is 0. The van der Waals surface area contributed by atoms with Gasteiger partial charge < -0.3 is 10.2 Å². The Labute approximate surface area is 136 Å². The predicted molar refractivity (Wildman–Crippen MR) is 90.3 cm³/mol. The molecule has 22 heavy (non-hydrogen) atoms. The summed E-state index contributed by atoms with van der Waals surface area (Å²) in [4.78, 5) is 17.9. The molecule has 0 saturated carbocycles. The summed E-state index contributed by atoms with van der Waals surface area (Å²) in [5.41, 5.74) is 3.13. The number of nitrogens with one attached hydrogen (secondary N) is 1. The molecule has 0 fully saturated rings. The molecule has 1 heterocycles. The highest BCUT2D eigenvalue weighted by Gasteiger charge is 2.09. The van der Waals surface area contributed by atoms with Gasteiger partial charge in [0.2, 0.25) is 5.91 Å². The van der Waals surface area contributed by atoms with Gasteiger partial charge in [0.1, 0.15) is 0 Å². The van der Waals surface area contributed by atoms with Gasteiger partial charge in [-0.25, -0.2) is 0 Å². The van der Waals surface area contributed by atoms with Crippen molar-refractivity contribution in [1.82, 2.24) is 9.88 Å². The van der Waals surface area contributed by atoms with E-state index in [0.717, 1.165) is 17.7 Å². The summed E-state index contributed by atoms with van der Waals surface area (Å²) in [6.45, 7) is 2.92. The number of benzene rings is 1. The summed E-state index contributed by atoms with van der Waals surface area (Å²) in [6, 6.07) is 9.53. The van der Waals surface area contributed by atoms with Gasteiger partial charge >= 0.3 is 0 Å². The fraction of sp³-hybridized carbons (Fsp3) is 0.294. The molecule has 1 amide bonds. The number of carbonyl (C=O) groups is 1. The van der Waals surface area contributed by atoms with Crippen molar-refractivity contribution in [1.29, 1.82) is 0 Å². The van der Waals surface area contributed by atoms with Crippen LogP contribution in [-0.4, -0.2) is 35.9 Å². The van der Waals surface area contributed by atoms with Crippen molar-refractivity contribution in [2.75, 3.05) is 25.5 Å². The molecule has 0 unspecified atom stereocenters. The minimum absolute atomic E-state index is 0.0495. The van der Waals surface area contributed by atoms with E-state index in [4.69, 9.17) is 11.6 Å². The Balaban J connectivity index is 1.82. The van der Waals surface area contributed by atoms with Crippen LogP contribution in [0.2, 0.25) is 5.02 Å². The molecule has 116 valence electrons. The van der Waals surface area contributed by atoms with E-state index in [2.05, 4.69) is 10.3 Å². The molecule has 2 aromatic rings. The SMILES string of the molecule is Cc1ccc(Cl)cc1NCC(=O)N(C)CCc1ccncc1. The lowest BCUT2D eigenvalue weighted by Crippen LogP contribution is -2.33. The zero-order chi connectivity index (χ0) is 15.9. The molecular formula is C17H20ClN3O. The minimum Gasteiger partial charge on any atom is -0.376 e. The second-order valence-corrected chi connectivity index (χ2v) is 5.67. The van der Waals surface area contributed by atoms with Crippen molar-refractivity contribution >= 4 is 23.2 Å². The molecule has 0 aliphatic rings. The predicted octanol–water partition coefficient (Wildman–Crippen LogP) is 3.16. The molecule has 0 saturated heterocycles. The van der Waals surface area contributed by atoms with Crippen LogP contribution in [0.3, 0.4) is 0 Å². The third-order valence-electron chi connectivity index (χ3n) is 3.54. The lowest BCUT2D eigenvalue weighted by Gasteiger charge is -2.18. The molecule has 0 aliphatic carbocycles. The first-order valence-electron chi connectivity index (χ1n) is 7.19. The number of amides is 1. The summed E-state index contributed by atoms with van der Waals surface area (Å²) in [7, 11) is 1.82. The first kappa shape index (κ1) is 16.3. The van der Waals surface area contributed by atoms with Crippen molar-refractivity contribution in [2.45, 2.75) is 13.3 Å². The number of aromatic nitrogens is 1. The van der Waals surface area contributed by atoms with Gasteiger partial charge in [0.15, 0.2) is 0 Å². The monoisotopic (exact) mass is 317 g/mol. The molecule has 1 aromatic heterocycles. The molecule has 0 radical (unpaired) electrons. The zero-order valence-electron chi connectivity index (χ0n) is 12.8. The molecule has 1 N–H and O–H groups in total.